The Morgan fingerprint density at radius 2 is 1.08 bits per heavy atom. The second-order valence-corrected chi connectivity index (χ2v) is 13.9. The minimum atomic E-state index is -1.24. The van der Waals surface area contributed by atoms with E-state index in [1.54, 1.807) is 68.4 Å². The maximum atomic E-state index is 14.0. The zero-order chi connectivity index (χ0) is 38.8. The fraction of sp³-hybridized carbons (Fsp3) is 0.526. The van der Waals surface area contributed by atoms with Crippen LogP contribution >= 0.6 is 0 Å². The standard InChI is InChI=1S/C38H57N7O7/c1-23(2)20-29(42-33(46)28(40)18-12-13-19-39)36(49)45-32(24(3)4)37(50)44-31(22-27-16-10-7-11-17-27)35(48)43-30(21-26-14-8-6-9-15-26)34(47)41-25(5)38(51)52/h6-11,14-17,23-25,28-32H,12-13,18-22,39-40H2,1-5H3,(H,41,47)(H,42,46)(H,43,48)(H,44,50)(H,45,49)(H,51,52). The number of nitrogens with one attached hydrogen (secondary N) is 5. The normalized spacial score (nSPS) is 14.6. The molecule has 6 atom stereocenters. The van der Waals surface area contributed by atoms with Crippen molar-refractivity contribution in [3.05, 3.63) is 71.8 Å². The molecular formula is C38H57N7O7. The van der Waals surface area contributed by atoms with E-state index in [2.05, 4.69) is 26.6 Å². The summed E-state index contributed by atoms with van der Waals surface area (Å²) in [5.41, 5.74) is 13.1. The summed E-state index contributed by atoms with van der Waals surface area (Å²) in [5, 5.41) is 22.8. The highest BCUT2D eigenvalue weighted by atomic mass is 16.4. The molecule has 6 unspecified atom stereocenters. The lowest BCUT2D eigenvalue weighted by molar-refractivity contribution is -0.141. The molecule has 0 aliphatic rings. The van der Waals surface area contributed by atoms with Gasteiger partial charge in [0.05, 0.1) is 6.04 Å². The first-order valence-corrected chi connectivity index (χ1v) is 17.9. The van der Waals surface area contributed by atoms with E-state index in [9.17, 15) is 33.9 Å². The number of amides is 5. The number of hydrogen-bond acceptors (Lipinski definition) is 8. The van der Waals surface area contributed by atoms with Crippen LogP contribution in [0.5, 0.6) is 0 Å². The van der Waals surface area contributed by atoms with E-state index in [-0.39, 0.29) is 18.8 Å². The van der Waals surface area contributed by atoms with Crippen LogP contribution in [-0.4, -0.2) is 83.4 Å². The number of benzene rings is 2. The van der Waals surface area contributed by atoms with Crippen molar-refractivity contribution in [2.45, 2.75) is 109 Å². The summed E-state index contributed by atoms with van der Waals surface area (Å²) in [5.74, 6) is -4.72. The summed E-state index contributed by atoms with van der Waals surface area (Å²) in [6, 6.07) is 11.4. The summed E-state index contributed by atoms with van der Waals surface area (Å²) in [4.78, 5) is 79.1. The first-order valence-electron chi connectivity index (χ1n) is 17.9. The molecule has 10 N–H and O–H groups in total. The number of aliphatic carboxylic acids is 1. The molecule has 0 aliphatic carbocycles. The van der Waals surface area contributed by atoms with Crippen LogP contribution in [0.4, 0.5) is 0 Å². The molecule has 14 heteroatoms. The Bertz CT molecular complexity index is 1460. The molecule has 0 radical (unpaired) electrons. The zero-order valence-electron chi connectivity index (χ0n) is 30.9. The molecule has 52 heavy (non-hydrogen) atoms. The van der Waals surface area contributed by atoms with Gasteiger partial charge in [-0.25, -0.2) is 0 Å². The SMILES string of the molecule is CC(C)CC(NC(=O)C(N)CCCCN)C(=O)NC(C(=O)NC(Cc1ccccc1)C(=O)NC(Cc1ccccc1)C(=O)NC(C)C(=O)O)C(C)C. The smallest absolute Gasteiger partial charge is 0.325 e. The molecule has 0 fully saturated rings. The summed E-state index contributed by atoms with van der Waals surface area (Å²) in [6.07, 6.45) is 2.20. The predicted octanol–water partition coefficient (Wildman–Crippen LogP) is 1.16. The van der Waals surface area contributed by atoms with E-state index < -0.39 is 77.7 Å². The van der Waals surface area contributed by atoms with Crippen molar-refractivity contribution in [3.8, 4) is 0 Å². The number of hydrogen-bond donors (Lipinski definition) is 8. The van der Waals surface area contributed by atoms with E-state index in [0.29, 0.717) is 25.8 Å². The van der Waals surface area contributed by atoms with Crippen LogP contribution < -0.4 is 38.1 Å². The van der Waals surface area contributed by atoms with Crippen molar-refractivity contribution in [1.29, 1.82) is 0 Å². The zero-order valence-corrected chi connectivity index (χ0v) is 30.9. The van der Waals surface area contributed by atoms with E-state index >= 15 is 0 Å². The summed E-state index contributed by atoms with van der Waals surface area (Å²) in [6.45, 7) is 9.08. The molecule has 2 aromatic rings. The molecular weight excluding hydrogens is 666 g/mol. The van der Waals surface area contributed by atoms with Crippen LogP contribution in [0.15, 0.2) is 60.7 Å². The lowest BCUT2D eigenvalue weighted by Gasteiger charge is -2.29. The Labute approximate surface area is 306 Å². The Morgan fingerprint density at radius 1 is 0.615 bits per heavy atom. The van der Waals surface area contributed by atoms with Gasteiger partial charge in [-0.3, -0.25) is 28.8 Å². The molecule has 0 spiro atoms. The van der Waals surface area contributed by atoms with Gasteiger partial charge in [-0.2, -0.15) is 0 Å². The average molecular weight is 724 g/mol. The van der Waals surface area contributed by atoms with Gasteiger partial charge >= 0.3 is 5.97 Å². The third-order valence-electron chi connectivity index (χ3n) is 8.45. The minimum absolute atomic E-state index is 0.0225. The van der Waals surface area contributed by atoms with Crippen LogP contribution in [0.3, 0.4) is 0 Å². The summed E-state index contributed by atoms with van der Waals surface area (Å²) in [7, 11) is 0. The van der Waals surface area contributed by atoms with Crippen LogP contribution in [0.25, 0.3) is 0 Å². The first kappa shape index (κ1) is 43.3. The Kier molecular flexibility index (Phi) is 18.5. The Balaban J connectivity index is 2.33. The molecule has 2 rings (SSSR count). The van der Waals surface area contributed by atoms with Crippen molar-refractivity contribution >= 4 is 35.5 Å². The van der Waals surface area contributed by atoms with Gasteiger partial charge in [-0.05, 0) is 55.7 Å². The van der Waals surface area contributed by atoms with Crippen molar-refractivity contribution in [2.24, 2.45) is 23.3 Å². The molecule has 0 saturated carbocycles. The average Bonchev–Trinajstić information content (AvgIpc) is 3.09. The molecule has 0 saturated heterocycles. The van der Waals surface area contributed by atoms with Gasteiger partial charge in [0.1, 0.15) is 30.2 Å². The van der Waals surface area contributed by atoms with Crippen molar-refractivity contribution in [1.82, 2.24) is 26.6 Å². The van der Waals surface area contributed by atoms with Gasteiger partial charge in [0, 0.05) is 12.8 Å². The van der Waals surface area contributed by atoms with Gasteiger partial charge in [-0.1, -0.05) is 94.8 Å². The largest absolute Gasteiger partial charge is 0.480 e. The molecule has 0 bridgehead atoms. The van der Waals surface area contributed by atoms with Gasteiger partial charge < -0.3 is 43.2 Å². The lowest BCUT2D eigenvalue weighted by atomic mass is 9.98. The van der Waals surface area contributed by atoms with Gasteiger partial charge in [0.2, 0.25) is 29.5 Å². The fourth-order valence-corrected chi connectivity index (χ4v) is 5.44. The number of carboxylic acids is 1. The molecule has 286 valence electrons. The highest BCUT2D eigenvalue weighted by molar-refractivity contribution is 5.96. The van der Waals surface area contributed by atoms with Crippen molar-refractivity contribution < 1.29 is 33.9 Å². The second-order valence-electron chi connectivity index (χ2n) is 13.9. The third kappa shape index (κ3) is 15.2. The van der Waals surface area contributed by atoms with Crippen LogP contribution in [0.1, 0.15) is 71.4 Å². The molecule has 0 aromatic heterocycles. The van der Waals surface area contributed by atoms with Gasteiger partial charge in [-0.15, -0.1) is 0 Å². The van der Waals surface area contributed by atoms with Crippen LogP contribution in [0.2, 0.25) is 0 Å². The maximum absolute atomic E-state index is 14.0. The number of carboxylic acid groups (broad SMARTS) is 1. The number of rotatable bonds is 22. The molecule has 0 aliphatic heterocycles. The topological polar surface area (TPSA) is 235 Å². The maximum Gasteiger partial charge on any atom is 0.325 e. The van der Waals surface area contributed by atoms with Crippen LogP contribution in [-0.2, 0) is 41.6 Å². The monoisotopic (exact) mass is 723 g/mol. The highest BCUT2D eigenvalue weighted by Crippen LogP contribution is 2.12. The predicted molar refractivity (Wildman–Crippen MR) is 198 cm³/mol. The van der Waals surface area contributed by atoms with Crippen LogP contribution in [0, 0.1) is 11.8 Å². The minimum Gasteiger partial charge on any atom is -0.480 e. The molecule has 5 amide bonds. The first-order chi connectivity index (χ1) is 24.6. The Hall–Kier alpha value is -4.82. The number of unbranched alkanes of at least 4 members (excludes halogenated alkanes) is 1. The quantitative estimate of drug-likeness (QED) is 0.0813. The van der Waals surface area contributed by atoms with Crippen molar-refractivity contribution in [2.75, 3.05) is 6.54 Å². The number of nitrogens with two attached hydrogens (primary N) is 2. The van der Waals surface area contributed by atoms with E-state index in [0.717, 1.165) is 17.5 Å². The van der Waals surface area contributed by atoms with Gasteiger partial charge in [0.15, 0.2) is 0 Å². The number of carbonyl (C=O) groups is 6. The number of carbonyl (C=O) groups excluding carboxylic acids is 5. The van der Waals surface area contributed by atoms with E-state index in [4.69, 9.17) is 11.5 Å². The lowest BCUT2D eigenvalue weighted by Crippen LogP contribution is -2.60. The Morgan fingerprint density at radius 3 is 1.54 bits per heavy atom. The molecule has 14 nitrogen and oxygen atoms in total. The fourth-order valence-electron chi connectivity index (χ4n) is 5.44. The highest BCUT2D eigenvalue weighted by Gasteiger charge is 2.34. The molecule has 0 heterocycles. The second kappa shape index (κ2) is 22.2. The summed E-state index contributed by atoms with van der Waals surface area (Å²) >= 11 is 0. The molecule has 2 aromatic carbocycles. The van der Waals surface area contributed by atoms with Crippen molar-refractivity contribution in [3.63, 3.8) is 0 Å². The van der Waals surface area contributed by atoms with E-state index in [1.807, 2.05) is 19.9 Å². The third-order valence-corrected chi connectivity index (χ3v) is 8.45. The summed E-state index contributed by atoms with van der Waals surface area (Å²) < 4.78 is 0. The van der Waals surface area contributed by atoms with Gasteiger partial charge in [0.25, 0.3) is 0 Å². The van der Waals surface area contributed by atoms with E-state index in [1.165, 1.54) is 6.92 Å².